The van der Waals surface area contributed by atoms with Gasteiger partial charge in [-0.05, 0) is 165 Å². The molecule has 11 rings (SSSR count). The van der Waals surface area contributed by atoms with Crippen LogP contribution in [0.2, 0.25) is 0 Å². The maximum Gasteiger partial charge on any atom is 0.119 e. The van der Waals surface area contributed by atoms with E-state index in [0.717, 1.165) is 101 Å². The van der Waals surface area contributed by atoms with Gasteiger partial charge in [0.1, 0.15) is 11.5 Å². The molecule has 0 unspecified atom stereocenters. The summed E-state index contributed by atoms with van der Waals surface area (Å²) in [5.74, 6) is 1.57. The minimum absolute atomic E-state index is 0.784. The minimum Gasteiger partial charge on any atom is -0.497 e. The van der Waals surface area contributed by atoms with Gasteiger partial charge >= 0.3 is 0 Å². The molecule has 0 spiro atoms. The van der Waals surface area contributed by atoms with Crippen molar-refractivity contribution in [3.63, 3.8) is 0 Å². The van der Waals surface area contributed by atoms with Crippen LogP contribution in [0.5, 0.6) is 11.5 Å². The van der Waals surface area contributed by atoms with Crippen molar-refractivity contribution in [3.8, 4) is 44.9 Å². The van der Waals surface area contributed by atoms with Gasteiger partial charge in [0.2, 0.25) is 0 Å². The molecule has 0 saturated heterocycles. The van der Waals surface area contributed by atoms with Gasteiger partial charge in [-0.3, -0.25) is 0 Å². The van der Waals surface area contributed by atoms with E-state index in [9.17, 15) is 0 Å². The third-order valence-electron chi connectivity index (χ3n) is 13.0. The lowest BCUT2D eigenvalue weighted by Crippen LogP contribution is -2.29. The maximum atomic E-state index is 6.15. The van der Waals surface area contributed by atoms with Crippen LogP contribution in [-0.4, -0.2) is 14.2 Å². The lowest BCUT2D eigenvalue weighted by Gasteiger charge is -2.37. The molecule has 4 nitrogen and oxygen atoms in total. The standard InChI is InChI=1S/C63H48N2O2/c1-66-57-33-35-59-60-36-34-58(67-2)44-62(60)63(61(59)43-57,49-37-47(45-21-9-3-10-22-45)39-55(41-49)64(51-25-13-5-14-26-51)52-27-15-6-16-28-52)50-38-48(46-23-11-4-12-24-46)40-56(42-50)65(53-29-17-7-18-30-53)54-31-19-8-20-32-54/h3-44H,1-2H3. The molecule has 1 aliphatic carbocycles. The molecule has 0 bridgehead atoms. The quantitative estimate of drug-likeness (QED) is 0.122. The van der Waals surface area contributed by atoms with Crippen molar-refractivity contribution in [2.24, 2.45) is 0 Å². The average molecular weight is 865 g/mol. The number of anilines is 6. The summed E-state index contributed by atoms with van der Waals surface area (Å²) in [6.07, 6.45) is 0. The highest BCUT2D eigenvalue weighted by atomic mass is 16.5. The fourth-order valence-electron chi connectivity index (χ4n) is 10.0. The zero-order valence-corrected chi connectivity index (χ0v) is 37.5. The number of rotatable bonds is 12. The summed E-state index contributed by atoms with van der Waals surface area (Å²) in [6.45, 7) is 0. The van der Waals surface area contributed by atoms with Crippen LogP contribution >= 0.6 is 0 Å². The number of benzene rings is 10. The second kappa shape index (κ2) is 17.8. The van der Waals surface area contributed by atoms with E-state index in [-0.39, 0.29) is 0 Å². The molecule has 0 aromatic heterocycles. The second-order valence-electron chi connectivity index (χ2n) is 16.9. The Labute approximate surface area is 393 Å². The number of hydrogen-bond acceptors (Lipinski definition) is 4. The zero-order valence-electron chi connectivity index (χ0n) is 37.5. The summed E-state index contributed by atoms with van der Waals surface area (Å²) in [5.41, 5.74) is 16.6. The highest BCUT2D eigenvalue weighted by Gasteiger charge is 2.48. The van der Waals surface area contributed by atoms with Crippen molar-refractivity contribution < 1.29 is 9.47 Å². The summed E-state index contributed by atoms with van der Waals surface area (Å²) in [4.78, 5) is 4.74. The van der Waals surface area contributed by atoms with Crippen molar-refractivity contribution in [2.45, 2.75) is 5.41 Å². The first-order valence-electron chi connectivity index (χ1n) is 22.7. The number of nitrogens with zero attached hydrogens (tertiary/aromatic N) is 2. The van der Waals surface area contributed by atoms with Crippen molar-refractivity contribution in [2.75, 3.05) is 24.0 Å². The van der Waals surface area contributed by atoms with Gasteiger partial charge in [0.05, 0.1) is 19.6 Å². The summed E-state index contributed by atoms with van der Waals surface area (Å²) >= 11 is 0. The van der Waals surface area contributed by atoms with Crippen LogP contribution in [0.4, 0.5) is 34.1 Å². The molecule has 0 fully saturated rings. The van der Waals surface area contributed by atoms with Gasteiger partial charge in [0, 0.05) is 34.1 Å². The van der Waals surface area contributed by atoms with Gasteiger partial charge < -0.3 is 19.3 Å². The SMILES string of the molecule is COc1ccc2c(c1)C(c1cc(-c3ccccc3)cc(N(c3ccccc3)c3ccccc3)c1)(c1cc(-c3ccccc3)cc(N(c3ccccc3)c3ccccc3)c1)c1cc(OC)ccc1-2. The Kier molecular flexibility index (Phi) is 10.9. The molecule has 0 atom stereocenters. The minimum atomic E-state index is -0.912. The smallest absolute Gasteiger partial charge is 0.119 e. The van der Waals surface area contributed by atoms with Crippen LogP contribution in [0.1, 0.15) is 22.3 Å². The molecule has 10 aromatic rings. The molecule has 0 N–H and O–H groups in total. The molecular formula is C63H48N2O2. The van der Waals surface area contributed by atoms with Gasteiger partial charge in [-0.15, -0.1) is 0 Å². The van der Waals surface area contributed by atoms with E-state index in [2.05, 4.69) is 265 Å². The Morgan fingerprint density at radius 2 is 0.597 bits per heavy atom. The molecule has 67 heavy (non-hydrogen) atoms. The van der Waals surface area contributed by atoms with E-state index < -0.39 is 5.41 Å². The molecule has 4 heteroatoms. The molecule has 10 aromatic carbocycles. The average Bonchev–Trinajstić information content (AvgIpc) is 3.70. The molecule has 322 valence electrons. The topological polar surface area (TPSA) is 24.9 Å². The normalized spacial score (nSPS) is 12.1. The van der Waals surface area contributed by atoms with Crippen LogP contribution in [0, 0.1) is 0 Å². The summed E-state index contributed by atoms with van der Waals surface area (Å²) < 4.78 is 12.3. The molecule has 1 aliphatic rings. The van der Waals surface area contributed by atoms with Crippen LogP contribution in [-0.2, 0) is 5.41 Å². The maximum absolute atomic E-state index is 6.15. The highest BCUT2D eigenvalue weighted by molar-refractivity contribution is 5.91. The number of ether oxygens (including phenoxy) is 2. The van der Waals surface area contributed by atoms with E-state index in [1.807, 2.05) is 0 Å². The highest BCUT2D eigenvalue weighted by Crippen LogP contribution is 2.59. The molecule has 0 heterocycles. The molecule has 0 saturated carbocycles. The number of fused-ring (bicyclic) bond motifs is 3. The lowest BCUT2D eigenvalue weighted by molar-refractivity contribution is 0.413. The van der Waals surface area contributed by atoms with Gasteiger partial charge in [-0.1, -0.05) is 146 Å². The molecule has 0 amide bonds. The fourth-order valence-corrected chi connectivity index (χ4v) is 10.0. The van der Waals surface area contributed by atoms with Crippen molar-refractivity contribution in [3.05, 3.63) is 277 Å². The zero-order chi connectivity index (χ0) is 45.2. The van der Waals surface area contributed by atoms with E-state index >= 15 is 0 Å². The van der Waals surface area contributed by atoms with Crippen molar-refractivity contribution in [1.29, 1.82) is 0 Å². The Bertz CT molecular complexity index is 3000. The first kappa shape index (κ1) is 41.1. The lowest BCUT2D eigenvalue weighted by atomic mass is 9.66. The Morgan fingerprint density at radius 3 is 0.910 bits per heavy atom. The number of para-hydroxylation sites is 4. The second-order valence-corrected chi connectivity index (χ2v) is 16.9. The van der Waals surface area contributed by atoms with Crippen LogP contribution in [0.15, 0.2) is 255 Å². The fraction of sp³-hybridized carbons (Fsp3) is 0.0476. The summed E-state index contributed by atoms with van der Waals surface area (Å²) in [6, 6.07) is 91.6. The number of methoxy groups -OCH3 is 2. The molecule has 0 radical (unpaired) electrons. The third kappa shape index (κ3) is 7.49. The summed E-state index contributed by atoms with van der Waals surface area (Å²) in [7, 11) is 3.51. The predicted octanol–water partition coefficient (Wildman–Crippen LogP) is 16.3. The van der Waals surface area contributed by atoms with Gasteiger partial charge in [-0.2, -0.15) is 0 Å². The van der Waals surface area contributed by atoms with Gasteiger partial charge in [0.25, 0.3) is 0 Å². The van der Waals surface area contributed by atoms with Crippen LogP contribution in [0.3, 0.4) is 0 Å². The van der Waals surface area contributed by atoms with Crippen LogP contribution < -0.4 is 19.3 Å². The Morgan fingerprint density at radius 1 is 0.284 bits per heavy atom. The molecular weight excluding hydrogens is 817 g/mol. The van der Waals surface area contributed by atoms with Gasteiger partial charge in [0.15, 0.2) is 0 Å². The van der Waals surface area contributed by atoms with Gasteiger partial charge in [-0.25, -0.2) is 0 Å². The van der Waals surface area contributed by atoms with E-state index in [0.29, 0.717) is 0 Å². The summed E-state index contributed by atoms with van der Waals surface area (Å²) in [5, 5.41) is 0. The van der Waals surface area contributed by atoms with E-state index in [4.69, 9.17) is 9.47 Å². The van der Waals surface area contributed by atoms with Crippen molar-refractivity contribution >= 4 is 34.1 Å². The number of hydrogen-bond donors (Lipinski definition) is 0. The van der Waals surface area contributed by atoms with Crippen LogP contribution in [0.25, 0.3) is 33.4 Å². The largest absolute Gasteiger partial charge is 0.497 e. The first-order valence-corrected chi connectivity index (χ1v) is 22.7. The van der Waals surface area contributed by atoms with Crippen molar-refractivity contribution in [1.82, 2.24) is 0 Å². The molecule has 0 aliphatic heterocycles. The van der Waals surface area contributed by atoms with E-state index in [1.165, 1.54) is 0 Å². The first-order chi connectivity index (χ1) is 33.1. The Balaban J connectivity index is 1.31. The third-order valence-corrected chi connectivity index (χ3v) is 13.0. The van der Waals surface area contributed by atoms with E-state index in [1.54, 1.807) is 14.2 Å². The predicted molar refractivity (Wildman–Crippen MR) is 277 cm³/mol. The Hall–Kier alpha value is -8.60. The monoisotopic (exact) mass is 864 g/mol.